The van der Waals surface area contributed by atoms with Crippen molar-refractivity contribution in [1.82, 2.24) is 14.9 Å². The van der Waals surface area contributed by atoms with Gasteiger partial charge in [0.25, 0.3) is 0 Å². The van der Waals surface area contributed by atoms with Crippen LogP contribution in [0, 0.1) is 5.92 Å². The van der Waals surface area contributed by atoms with E-state index in [4.69, 9.17) is 0 Å². The molecule has 1 N–H and O–H groups in total. The molecule has 0 saturated heterocycles. The summed E-state index contributed by atoms with van der Waals surface area (Å²) in [6, 6.07) is 0. The van der Waals surface area contributed by atoms with Gasteiger partial charge in [0.1, 0.15) is 17.0 Å². The van der Waals surface area contributed by atoms with Gasteiger partial charge in [-0.2, -0.15) is 0 Å². The maximum absolute atomic E-state index is 4.52. The summed E-state index contributed by atoms with van der Waals surface area (Å²) >= 11 is 1.86. The Morgan fingerprint density at radius 2 is 2.14 bits per heavy atom. The van der Waals surface area contributed by atoms with Gasteiger partial charge >= 0.3 is 0 Å². The lowest BCUT2D eigenvalue weighted by Crippen LogP contribution is -2.28. The van der Waals surface area contributed by atoms with Crippen LogP contribution in [0.4, 0.5) is 5.82 Å². The third kappa shape index (κ3) is 3.10. The maximum atomic E-state index is 4.52. The van der Waals surface area contributed by atoms with E-state index in [2.05, 4.69) is 41.0 Å². The molecule has 0 aromatic carbocycles. The number of likely N-dealkylation sites (N-methyl/N-ethyl adjacent to an activating group) is 1. The van der Waals surface area contributed by atoms with E-state index in [1.165, 1.54) is 35.1 Å². The average molecular weight is 318 g/mol. The van der Waals surface area contributed by atoms with E-state index in [9.17, 15) is 0 Å². The molecular formula is C17H26N4S. The first-order valence-corrected chi connectivity index (χ1v) is 9.26. The molecule has 0 spiro atoms. The van der Waals surface area contributed by atoms with Crippen LogP contribution in [0.15, 0.2) is 6.33 Å². The molecule has 1 atom stereocenters. The second-order valence-corrected chi connectivity index (χ2v) is 7.29. The first-order valence-electron chi connectivity index (χ1n) is 8.44. The Balaban J connectivity index is 1.81. The Kier molecular flexibility index (Phi) is 4.93. The molecule has 0 saturated carbocycles. The van der Waals surface area contributed by atoms with E-state index in [1.54, 1.807) is 6.33 Å². The maximum Gasteiger partial charge on any atom is 0.138 e. The van der Waals surface area contributed by atoms with E-state index < -0.39 is 0 Å². The normalized spacial score (nSPS) is 17.9. The van der Waals surface area contributed by atoms with Gasteiger partial charge in [-0.05, 0) is 43.8 Å². The van der Waals surface area contributed by atoms with Crippen molar-refractivity contribution in [2.75, 3.05) is 31.5 Å². The number of anilines is 1. The third-order valence-corrected chi connectivity index (χ3v) is 5.87. The van der Waals surface area contributed by atoms with Crippen LogP contribution in [0.2, 0.25) is 0 Å². The van der Waals surface area contributed by atoms with Crippen LogP contribution in [0.3, 0.4) is 0 Å². The van der Waals surface area contributed by atoms with Crippen molar-refractivity contribution in [2.45, 2.75) is 40.0 Å². The lowest BCUT2D eigenvalue weighted by atomic mass is 9.89. The Hall–Kier alpha value is -1.20. The molecule has 5 heteroatoms. The number of nitrogens with one attached hydrogen (secondary N) is 1. The summed E-state index contributed by atoms with van der Waals surface area (Å²) in [5.41, 5.74) is 1.50. The zero-order valence-corrected chi connectivity index (χ0v) is 14.7. The zero-order valence-electron chi connectivity index (χ0n) is 13.9. The number of aryl methyl sites for hydroxylation is 1. The molecule has 2 aromatic heterocycles. The fourth-order valence-electron chi connectivity index (χ4n) is 3.28. The predicted octanol–water partition coefficient (Wildman–Crippen LogP) is 3.57. The minimum Gasteiger partial charge on any atom is -0.368 e. The van der Waals surface area contributed by atoms with Crippen molar-refractivity contribution >= 4 is 27.4 Å². The molecule has 0 radical (unpaired) electrons. The van der Waals surface area contributed by atoms with E-state index in [1.807, 2.05) is 11.3 Å². The quantitative estimate of drug-likeness (QED) is 0.884. The van der Waals surface area contributed by atoms with Crippen LogP contribution < -0.4 is 5.32 Å². The predicted molar refractivity (Wildman–Crippen MR) is 94.9 cm³/mol. The number of fused-ring (bicyclic) bond motifs is 3. The van der Waals surface area contributed by atoms with Gasteiger partial charge in [-0.1, -0.05) is 20.8 Å². The van der Waals surface area contributed by atoms with Gasteiger partial charge in [0.05, 0.1) is 5.39 Å². The van der Waals surface area contributed by atoms with Crippen LogP contribution in [0.5, 0.6) is 0 Å². The molecule has 1 aliphatic rings. The zero-order chi connectivity index (χ0) is 15.5. The molecule has 22 heavy (non-hydrogen) atoms. The summed E-state index contributed by atoms with van der Waals surface area (Å²) in [7, 11) is 0. The number of hydrogen-bond acceptors (Lipinski definition) is 5. The van der Waals surface area contributed by atoms with Gasteiger partial charge in [0, 0.05) is 18.0 Å². The van der Waals surface area contributed by atoms with Gasteiger partial charge in [-0.15, -0.1) is 11.3 Å². The lowest BCUT2D eigenvalue weighted by molar-refractivity contribution is 0.316. The van der Waals surface area contributed by atoms with Crippen molar-refractivity contribution in [3.05, 3.63) is 16.8 Å². The monoisotopic (exact) mass is 318 g/mol. The van der Waals surface area contributed by atoms with E-state index >= 15 is 0 Å². The summed E-state index contributed by atoms with van der Waals surface area (Å²) in [6.45, 7) is 11.0. The summed E-state index contributed by atoms with van der Waals surface area (Å²) in [4.78, 5) is 14.1. The van der Waals surface area contributed by atoms with Gasteiger partial charge in [-0.3, -0.25) is 0 Å². The second kappa shape index (κ2) is 6.92. The molecule has 3 rings (SSSR count). The highest BCUT2D eigenvalue weighted by atomic mass is 32.1. The van der Waals surface area contributed by atoms with Crippen LogP contribution in [-0.4, -0.2) is 41.0 Å². The summed E-state index contributed by atoms with van der Waals surface area (Å²) in [5.74, 6) is 1.83. The fourth-order valence-corrected chi connectivity index (χ4v) is 4.63. The average Bonchev–Trinajstić information content (AvgIpc) is 2.89. The molecule has 2 aromatic rings. The van der Waals surface area contributed by atoms with Crippen molar-refractivity contribution in [3.8, 4) is 0 Å². The number of rotatable bonds is 6. The molecule has 0 amide bonds. The van der Waals surface area contributed by atoms with Crippen molar-refractivity contribution in [2.24, 2.45) is 5.92 Å². The van der Waals surface area contributed by atoms with E-state index in [-0.39, 0.29) is 0 Å². The molecule has 0 aliphatic heterocycles. The Morgan fingerprint density at radius 3 is 2.91 bits per heavy atom. The number of hydrogen-bond donors (Lipinski definition) is 1. The molecule has 4 nitrogen and oxygen atoms in total. The second-order valence-electron chi connectivity index (χ2n) is 6.21. The van der Waals surface area contributed by atoms with Crippen LogP contribution in [0.1, 0.15) is 37.6 Å². The molecule has 0 unspecified atom stereocenters. The standard InChI is InChI=1S/C17H26N4S/c1-4-21(5-2)9-8-18-16-15-13-7-6-12(3)10-14(13)22-17(15)20-11-19-16/h11-12H,4-10H2,1-3H3,(H,18,19,20)/t12-/m1/s1. The Labute approximate surface area is 137 Å². The van der Waals surface area contributed by atoms with Crippen LogP contribution in [-0.2, 0) is 12.8 Å². The summed E-state index contributed by atoms with van der Waals surface area (Å²) < 4.78 is 0. The Morgan fingerprint density at radius 1 is 1.32 bits per heavy atom. The molecule has 2 heterocycles. The van der Waals surface area contributed by atoms with Gasteiger partial charge in [0.15, 0.2) is 0 Å². The van der Waals surface area contributed by atoms with Crippen molar-refractivity contribution in [1.29, 1.82) is 0 Å². The summed E-state index contributed by atoms with van der Waals surface area (Å²) in [5, 5.41) is 4.83. The lowest BCUT2D eigenvalue weighted by Gasteiger charge is -2.19. The number of nitrogens with zero attached hydrogens (tertiary/aromatic N) is 3. The topological polar surface area (TPSA) is 41.0 Å². The van der Waals surface area contributed by atoms with Crippen molar-refractivity contribution in [3.63, 3.8) is 0 Å². The fraction of sp³-hybridized carbons (Fsp3) is 0.647. The molecule has 0 fully saturated rings. The van der Waals surface area contributed by atoms with Gasteiger partial charge in [0.2, 0.25) is 0 Å². The number of aromatic nitrogens is 2. The highest BCUT2D eigenvalue weighted by Gasteiger charge is 2.22. The van der Waals surface area contributed by atoms with Crippen LogP contribution in [0.25, 0.3) is 10.2 Å². The highest BCUT2D eigenvalue weighted by Crippen LogP contribution is 2.39. The molecule has 120 valence electrons. The van der Waals surface area contributed by atoms with E-state index in [0.29, 0.717) is 0 Å². The summed E-state index contributed by atoms with van der Waals surface area (Å²) in [6.07, 6.45) is 5.36. The third-order valence-electron chi connectivity index (χ3n) is 4.71. The highest BCUT2D eigenvalue weighted by molar-refractivity contribution is 7.19. The van der Waals surface area contributed by atoms with Gasteiger partial charge in [-0.25, -0.2) is 9.97 Å². The Bertz CT molecular complexity index is 633. The first kappa shape index (κ1) is 15.7. The first-order chi connectivity index (χ1) is 10.7. The SMILES string of the molecule is CCN(CC)CCNc1ncnc2sc3c(c12)CC[C@@H](C)C3. The minimum atomic E-state index is 0.799. The van der Waals surface area contributed by atoms with Crippen LogP contribution >= 0.6 is 11.3 Å². The minimum absolute atomic E-state index is 0.799. The number of thiophene rings is 1. The van der Waals surface area contributed by atoms with E-state index in [0.717, 1.165) is 42.7 Å². The largest absolute Gasteiger partial charge is 0.368 e. The van der Waals surface area contributed by atoms with Crippen molar-refractivity contribution < 1.29 is 0 Å². The molecular weight excluding hydrogens is 292 g/mol. The molecule has 0 bridgehead atoms. The van der Waals surface area contributed by atoms with Gasteiger partial charge < -0.3 is 10.2 Å². The smallest absolute Gasteiger partial charge is 0.138 e. The molecule has 1 aliphatic carbocycles.